The van der Waals surface area contributed by atoms with E-state index >= 15 is 0 Å². The number of benzene rings is 1. The second-order valence-electron chi connectivity index (χ2n) is 5.78. The minimum absolute atomic E-state index is 0.213. The predicted octanol–water partition coefficient (Wildman–Crippen LogP) is 3.62. The molecule has 3 rings (SSSR count). The van der Waals surface area contributed by atoms with Crippen LogP contribution in [0.1, 0.15) is 29.9 Å². The van der Waals surface area contributed by atoms with E-state index in [1.54, 1.807) is 12.1 Å². The van der Waals surface area contributed by atoms with E-state index in [-0.39, 0.29) is 5.82 Å². The van der Waals surface area contributed by atoms with Gasteiger partial charge in [-0.05, 0) is 50.1 Å². The minimum atomic E-state index is -0.213. The number of nitrogens with one attached hydrogen (secondary N) is 1. The molecule has 1 aliphatic rings. The van der Waals surface area contributed by atoms with Gasteiger partial charge in [0, 0.05) is 30.9 Å². The van der Waals surface area contributed by atoms with Crippen LogP contribution >= 0.6 is 0 Å². The van der Waals surface area contributed by atoms with Crippen LogP contribution in [0.25, 0.3) is 0 Å². The summed E-state index contributed by atoms with van der Waals surface area (Å²) in [4.78, 5) is 2.05. The Bertz CT molecular complexity index is 602. The summed E-state index contributed by atoms with van der Waals surface area (Å²) in [7, 11) is 1.98. The third-order valence-electron chi connectivity index (χ3n) is 3.89. The molecule has 21 heavy (non-hydrogen) atoms. The summed E-state index contributed by atoms with van der Waals surface area (Å²) < 4.78 is 18.8. The largest absolute Gasteiger partial charge is 0.464 e. The number of hydrogen-bond acceptors (Lipinski definition) is 3. The zero-order valence-electron chi connectivity index (χ0n) is 12.5. The van der Waals surface area contributed by atoms with Gasteiger partial charge in [0.25, 0.3) is 0 Å². The lowest BCUT2D eigenvalue weighted by Crippen LogP contribution is -2.16. The highest BCUT2D eigenvalue weighted by Crippen LogP contribution is 2.22. The van der Waals surface area contributed by atoms with Gasteiger partial charge in [0.1, 0.15) is 17.3 Å². The SMILES string of the molecule is Cc1oc(CN(C)c2ccc(F)cc2)cc1CNC1CC1. The Morgan fingerprint density at radius 1 is 1.29 bits per heavy atom. The van der Waals surface area contributed by atoms with Gasteiger partial charge in [0.15, 0.2) is 0 Å². The molecule has 4 heteroatoms. The lowest BCUT2D eigenvalue weighted by atomic mass is 10.2. The normalized spacial score (nSPS) is 14.4. The number of furan rings is 1. The number of nitrogens with zero attached hydrogens (tertiary/aromatic N) is 1. The van der Waals surface area contributed by atoms with Gasteiger partial charge in [-0.15, -0.1) is 0 Å². The Kier molecular flexibility index (Phi) is 3.97. The summed E-state index contributed by atoms with van der Waals surface area (Å²) in [6.07, 6.45) is 2.58. The quantitative estimate of drug-likeness (QED) is 0.880. The minimum Gasteiger partial charge on any atom is -0.464 e. The van der Waals surface area contributed by atoms with Crippen LogP contribution in [0.2, 0.25) is 0 Å². The lowest BCUT2D eigenvalue weighted by Gasteiger charge is -2.17. The average Bonchev–Trinajstić information content (AvgIpc) is 3.22. The van der Waals surface area contributed by atoms with Crippen molar-refractivity contribution in [3.8, 4) is 0 Å². The van der Waals surface area contributed by atoms with Crippen molar-refractivity contribution in [2.24, 2.45) is 0 Å². The summed E-state index contributed by atoms with van der Waals surface area (Å²) in [6.45, 7) is 3.56. The fourth-order valence-electron chi connectivity index (χ4n) is 2.40. The molecule has 0 atom stereocenters. The van der Waals surface area contributed by atoms with Crippen LogP contribution in [0.5, 0.6) is 0 Å². The Morgan fingerprint density at radius 3 is 2.67 bits per heavy atom. The number of rotatable bonds is 6. The second-order valence-corrected chi connectivity index (χ2v) is 5.78. The number of aryl methyl sites for hydroxylation is 1. The second kappa shape index (κ2) is 5.90. The molecule has 0 aliphatic heterocycles. The summed E-state index contributed by atoms with van der Waals surface area (Å²) >= 11 is 0. The van der Waals surface area contributed by atoms with E-state index in [1.807, 2.05) is 14.0 Å². The monoisotopic (exact) mass is 288 g/mol. The van der Waals surface area contributed by atoms with E-state index in [0.717, 1.165) is 23.8 Å². The van der Waals surface area contributed by atoms with Gasteiger partial charge in [-0.3, -0.25) is 0 Å². The Morgan fingerprint density at radius 2 is 2.00 bits per heavy atom. The van der Waals surface area contributed by atoms with Crippen molar-refractivity contribution in [2.75, 3.05) is 11.9 Å². The van der Waals surface area contributed by atoms with Crippen LogP contribution < -0.4 is 10.2 Å². The van der Waals surface area contributed by atoms with E-state index in [1.165, 1.54) is 30.5 Å². The molecule has 0 radical (unpaired) electrons. The summed E-state index contributed by atoms with van der Waals surface area (Å²) in [6, 6.07) is 9.32. The van der Waals surface area contributed by atoms with E-state index in [2.05, 4.69) is 16.3 Å². The van der Waals surface area contributed by atoms with Gasteiger partial charge in [-0.25, -0.2) is 4.39 Å². The van der Waals surface area contributed by atoms with Crippen molar-refractivity contribution in [3.63, 3.8) is 0 Å². The highest BCUT2D eigenvalue weighted by atomic mass is 19.1. The molecule has 112 valence electrons. The average molecular weight is 288 g/mol. The van der Waals surface area contributed by atoms with E-state index in [4.69, 9.17) is 4.42 Å². The molecule has 1 N–H and O–H groups in total. The van der Waals surface area contributed by atoms with Gasteiger partial charge >= 0.3 is 0 Å². The predicted molar refractivity (Wildman–Crippen MR) is 81.8 cm³/mol. The molecule has 1 aromatic carbocycles. The van der Waals surface area contributed by atoms with Crippen molar-refractivity contribution in [1.82, 2.24) is 5.32 Å². The molecule has 2 aromatic rings. The zero-order chi connectivity index (χ0) is 14.8. The molecule has 0 unspecified atom stereocenters. The summed E-state index contributed by atoms with van der Waals surface area (Å²) in [5.74, 6) is 1.70. The van der Waals surface area contributed by atoms with Crippen LogP contribution in [0.15, 0.2) is 34.7 Å². The number of hydrogen-bond donors (Lipinski definition) is 1. The van der Waals surface area contributed by atoms with Gasteiger partial charge in [0.2, 0.25) is 0 Å². The molecule has 1 heterocycles. The number of halogens is 1. The first-order valence-electron chi connectivity index (χ1n) is 7.40. The van der Waals surface area contributed by atoms with Gasteiger partial charge < -0.3 is 14.6 Å². The highest BCUT2D eigenvalue weighted by molar-refractivity contribution is 5.45. The molecule has 0 bridgehead atoms. The summed E-state index contributed by atoms with van der Waals surface area (Å²) in [5.41, 5.74) is 2.20. The fraction of sp³-hybridized carbons (Fsp3) is 0.412. The maximum Gasteiger partial charge on any atom is 0.123 e. The first-order chi connectivity index (χ1) is 10.1. The lowest BCUT2D eigenvalue weighted by molar-refractivity contribution is 0.477. The van der Waals surface area contributed by atoms with Crippen LogP contribution in [0.4, 0.5) is 10.1 Å². The van der Waals surface area contributed by atoms with Crippen LogP contribution in [-0.2, 0) is 13.1 Å². The molecule has 1 aromatic heterocycles. The molecule has 3 nitrogen and oxygen atoms in total. The molecule has 0 saturated heterocycles. The van der Waals surface area contributed by atoms with Gasteiger partial charge in [-0.2, -0.15) is 0 Å². The highest BCUT2D eigenvalue weighted by Gasteiger charge is 2.21. The molecular formula is C17H21FN2O. The van der Waals surface area contributed by atoms with Crippen LogP contribution in [0.3, 0.4) is 0 Å². The van der Waals surface area contributed by atoms with Crippen molar-refractivity contribution < 1.29 is 8.81 Å². The first kappa shape index (κ1) is 14.1. The molecule has 0 spiro atoms. The van der Waals surface area contributed by atoms with Gasteiger partial charge in [-0.1, -0.05) is 0 Å². The van der Waals surface area contributed by atoms with E-state index < -0.39 is 0 Å². The molecule has 1 fully saturated rings. The number of anilines is 1. The van der Waals surface area contributed by atoms with Crippen molar-refractivity contribution in [3.05, 3.63) is 53.2 Å². The maximum atomic E-state index is 12.9. The van der Waals surface area contributed by atoms with Crippen LogP contribution in [-0.4, -0.2) is 13.1 Å². The van der Waals surface area contributed by atoms with Gasteiger partial charge in [0.05, 0.1) is 6.54 Å². The third-order valence-corrected chi connectivity index (χ3v) is 3.89. The van der Waals surface area contributed by atoms with E-state index in [9.17, 15) is 4.39 Å². The standard InChI is InChI=1S/C17H21FN2O/c1-12-13(10-19-15-5-6-15)9-17(21-12)11-20(2)16-7-3-14(18)4-8-16/h3-4,7-9,15,19H,5-6,10-11H2,1-2H3. The smallest absolute Gasteiger partial charge is 0.123 e. The Hall–Kier alpha value is -1.81. The van der Waals surface area contributed by atoms with Crippen molar-refractivity contribution >= 4 is 5.69 Å². The maximum absolute atomic E-state index is 12.9. The van der Waals surface area contributed by atoms with E-state index in [0.29, 0.717) is 12.6 Å². The molecule has 0 amide bonds. The fourth-order valence-corrected chi connectivity index (χ4v) is 2.40. The van der Waals surface area contributed by atoms with Crippen LogP contribution in [0, 0.1) is 12.7 Å². The Labute approximate surface area is 124 Å². The Balaban J connectivity index is 1.63. The van der Waals surface area contributed by atoms with Crippen molar-refractivity contribution in [2.45, 2.75) is 38.9 Å². The third kappa shape index (κ3) is 3.64. The molecular weight excluding hydrogens is 267 g/mol. The summed E-state index contributed by atoms with van der Waals surface area (Å²) in [5, 5.41) is 3.50. The zero-order valence-corrected chi connectivity index (χ0v) is 12.5. The first-order valence-corrected chi connectivity index (χ1v) is 7.40. The molecule has 1 aliphatic carbocycles. The van der Waals surface area contributed by atoms with Crippen molar-refractivity contribution in [1.29, 1.82) is 0 Å². The topological polar surface area (TPSA) is 28.4 Å². The molecule has 1 saturated carbocycles.